The number of fused-ring (bicyclic) bond motifs is 1. The first-order valence-electron chi connectivity index (χ1n) is 27.5. The summed E-state index contributed by atoms with van der Waals surface area (Å²) in [5, 5.41) is 19.6. The molecule has 1 saturated heterocycles. The van der Waals surface area contributed by atoms with Crippen LogP contribution in [0.4, 0.5) is 5.82 Å². The molecule has 0 spiro atoms. The fraction of sp³-hybridized carbons (Fsp3) is 0.410. The van der Waals surface area contributed by atoms with E-state index in [9.17, 15) is 24.3 Å². The zero-order valence-electron chi connectivity index (χ0n) is 45.3. The van der Waals surface area contributed by atoms with Crippen molar-refractivity contribution >= 4 is 51.9 Å². The van der Waals surface area contributed by atoms with E-state index in [-0.39, 0.29) is 55.1 Å². The van der Waals surface area contributed by atoms with Crippen LogP contribution in [-0.4, -0.2) is 89.4 Å². The number of aliphatic hydroxyl groups is 1. The van der Waals surface area contributed by atoms with Crippen molar-refractivity contribution in [3.63, 3.8) is 0 Å². The lowest BCUT2D eigenvalue weighted by molar-refractivity contribution is -0.144. The highest BCUT2D eigenvalue weighted by atomic mass is 32.1. The van der Waals surface area contributed by atoms with Gasteiger partial charge in [0.15, 0.2) is 11.5 Å². The smallest absolute Gasteiger partial charge is 0.246 e. The molecule has 408 valence electrons. The van der Waals surface area contributed by atoms with Gasteiger partial charge in [0, 0.05) is 61.9 Å². The highest BCUT2D eigenvalue weighted by Crippen LogP contribution is 2.40. The second-order valence-corrected chi connectivity index (χ2v) is 23.0. The summed E-state index contributed by atoms with van der Waals surface area (Å²) in [6.45, 7) is 8.44. The number of aromatic nitrogens is 5. The van der Waals surface area contributed by atoms with E-state index in [1.165, 1.54) is 4.90 Å². The van der Waals surface area contributed by atoms with Crippen molar-refractivity contribution in [1.29, 1.82) is 0 Å². The number of nitrogens with zero attached hydrogens (tertiary/aromatic N) is 6. The molecule has 78 heavy (non-hydrogen) atoms. The van der Waals surface area contributed by atoms with Gasteiger partial charge in [-0.1, -0.05) is 101 Å². The van der Waals surface area contributed by atoms with Gasteiger partial charge in [-0.25, -0.2) is 19.9 Å². The number of hydrogen-bond acceptors (Lipinski definition) is 12. The molecule has 9 rings (SSSR count). The molecule has 1 saturated carbocycles. The predicted octanol–water partition coefficient (Wildman–Crippen LogP) is 9.09. The number of β-amino-alcohol motifs (C(OH)–C–C–N with tert-alkyl or cyclic N) is 1. The van der Waals surface area contributed by atoms with Crippen LogP contribution in [-0.2, 0) is 37.7 Å². The molecule has 1 aliphatic carbocycles. The van der Waals surface area contributed by atoms with Crippen LogP contribution in [0.1, 0.15) is 120 Å². The highest BCUT2D eigenvalue weighted by molar-refractivity contribution is 7.13. The van der Waals surface area contributed by atoms with Crippen LogP contribution in [0.15, 0.2) is 109 Å². The Bertz CT molecular complexity index is 3230. The first-order chi connectivity index (χ1) is 37.5. The topological polar surface area (TPSA) is 236 Å². The molecule has 3 aromatic carbocycles. The van der Waals surface area contributed by atoms with Crippen LogP contribution in [0.5, 0.6) is 0 Å². The summed E-state index contributed by atoms with van der Waals surface area (Å²) in [6.07, 6.45) is 10.5. The summed E-state index contributed by atoms with van der Waals surface area (Å²) in [6, 6.07) is 30.5. The second-order valence-electron chi connectivity index (χ2n) is 22.2. The maximum Gasteiger partial charge on any atom is 0.246 e. The average molecular weight is 1070 g/mol. The number of pyridine rings is 2. The zero-order valence-corrected chi connectivity index (χ0v) is 46.1. The predicted molar refractivity (Wildman–Crippen MR) is 307 cm³/mol. The number of imidazole rings is 1. The van der Waals surface area contributed by atoms with Crippen molar-refractivity contribution in [2.45, 2.75) is 141 Å². The molecule has 7 aromatic rings. The Morgan fingerprint density at radius 1 is 0.821 bits per heavy atom. The fourth-order valence-electron chi connectivity index (χ4n) is 10.6. The van der Waals surface area contributed by atoms with Gasteiger partial charge >= 0.3 is 0 Å². The quantitative estimate of drug-likeness (QED) is 0.0350. The Labute approximate surface area is 460 Å². The number of amides is 4. The molecule has 0 unspecified atom stereocenters. The van der Waals surface area contributed by atoms with Gasteiger partial charge in [-0.2, -0.15) is 0 Å². The van der Waals surface area contributed by atoms with E-state index in [0.717, 1.165) is 112 Å². The lowest BCUT2D eigenvalue weighted by atomic mass is 9.73. The van der Waals surface area contributed by atoms with E-state index in [1.807, 2.05) is 98.4 Å². The van der Waals surface area contributed by atoms with E-state index in [2.05, 4.69) is 62.3 Å². The third kappa shape index (κ3) is 13.1. The number of nitrogens with one attached hydrogen (secondary N) is 3. The molecule has 0 radical (unpaired) electrons. The molecule has 1 aliphatic heterocycles. The second kappa shape index (κ2) is 24.5. The van der Waals surface area contributed by atoms with Crippen LogP contribution in [0.3, 0.4) is 0 Å². The Hall–Kier alpha value is -7.34. The fourth-order valence-corrected chi connectivity index (χ4v) is 11.4. The molecule has 4 amide bonds. The number of nitrogens with two attached hydrogens (primary N) is 2. The summed E-state index contributed by atoms with van der Waals surface area (Å²) in [4.78, 5) is 75.1. The molecule has 0 bridgehead atoms. The van der Waals surface area contributed by atoms with Crippen molar-refractivity contribution in [2.24, 2.45) is 11.1 Å². The number of benzene rings is 3. The largest absolute Gasteiger partial charge is 0.391 e. The van der Waals surface area contributed by atoms with Gasteiger partial charge in [-0.15, -0.1) is 11.3 Å². The lowest BCUT2D eigenvalue weighted by Crippen LogP contribution is -2.57. The Balaban J connectivity index is 0.691. The van der Waals surface area contributed by atoms with Crippen LogP contribution in [0, 0.1) is 12.3 Å². The SMILES string of the molecule is Cc1ncsc1-c1ccc(CNC(=O)[C@@H]2C[C@@H](O)CN2C(=O)[C@@H](NC(=O)CCCCCCCCC(=O)NCCc2cccc(-c3ccc4nc(-c5cccnc5N)n(-c5ccc(C6(N)CCC6)cc5)c4n3)c2)C(C)(C)C)cc1. The number of hydrogen-bond donors (Lipinski definition) is 6. The maximum atomic E-state index is 14.1. The minimum Gasteiger partial charge on any atom is -0.391 e. The molecule has 2 aliphatic rings. The van der Waals surface area contributed by atoms with Gasteiger partial charge in [-0.05, 0) is 116 Å². The monoisotopic (exact) mass is 1070 g/mol. The van der Waals surface area contributed by atoms with E-state index in [1.54, 1.807) is 17.5 Å². The minimum atomic E-state index is -0.874. The van der Waals surface area contributed by atoms with Crippen molar-refractivity contribution in [2.75, 3.05) is 18.8 Å². The van der Waals surface area contributed by atoms with Crippen molar-refractivity contribution in [3.8, 4) is 38.8 Å². The standard InChI is InChI=1S/C61H73N11O5S/c1-39-53(78-38-67-39)42-21-19-41(20-22-42)36-66-58(76)50-35-46(73)37-71(50)59(77)54(60(2,3)4)70-52(75)18-10-8-6-5-7-9-17-51(74)64-33-29-40-14-11-15-43(34-40)48-27-28-49-57(68-48)72(56(69-49)47-16-12-32-65-55(47)62)45-25-23-44(24-26-45)61(63)30-13-31-61/h11-12,14-16,19-28,32,34,38,46,50,54,73H,5-10,13,17-18,29-31,33,35-37,63H2,1-4H3,(H2,62,65)(H,64,74)(H,66,76)(H,70,75)/t46-,50+,54-/m1/s1. The van der Waals surface area contributed by atoms with Gasteiger partial charge in [0.1, 0.15) is 23.4 Å². The molecule has 5 heterocycles. The van der Waals surface area contributed by atoms with E-state index < -0.39 is 23.6 Å². The van der Waals surface area contributed by atoms with Crippen LogP contribution in [0.25, 0.3) is 49.9 Å². The van der Waals surface area contributed by atoms with Gasteiger partial charge < -0.3 is 37.4 Å². The number of carbonyl (C=O) groups is 4. The molecular formula is C61H73N11O5S. The Kier molecular flexibility index (Phi) is 17.4. The van der Waals surface area contributed by atoms with Gasteiger partial charge in [0.05, 0.1) is 33.4 Å². The summed E-state index contributed by atoms with van der Waals surface area (Å²) in [5.41, 5.74) is 23.9. The zero-order chi connectivity index (χ0) is 55.0. The van der Waals surface area contributed by atoms with Crippen molar-refractivity contribution in [1.82, 2.24) is 45.4 Å². The number of anilines is 1. The van der Waals surface area contributed by atoms with Gasteiger partial charge in [0.2, 0.25) is 23.6 Å². The van der Waals surface area contributed by atoms with Crippen molar-refractivity contribution in [3.05, 3.63) is 131 Å². The number of rotatable bonds is 22. The van der Waals surface area contributed by atoms with Crippen LogP contribution < -0.4 is 27.4 Å². The number of aryl methyl sites for hydroxylation is 1. The first-order valence-corrected chi connectivity index (χ1v) is 28.3. The number of nitrogen functional groups attached to an aromatic ring is 1. The van der Waals surface area contributed by atoms with Crippen LogP contribution >= 0.6 is 11.3 Å². The molecule has 16 nitrogen and oxygen atoms in total. The van der Waals surface area contributed by atoms with Gasteiger partial charge in [-0.3, -0.25) is 23.7 Å². The normalized spacial score (nSPS) is 16.4. The van der Waals surface area contributed by atoms with E-state index in [0.29, 0.717) is 43.1 Å². The number of thiazole rings is 1. The number of aliphatic hydroxyl groups excluding tert-OH is 1. The maximum absolute atomic E-state index is 14.1. The number of likely N-dealkylation sites (tertiary alicyclic amines) is 1. The number of carbonyl (C=O) groups excluding carboxylic acids is 4. The lowest BCUT2D eigenvalue weighted by Gasteiger charge is -2.38. The summed E-state index contributed by atoms with van der Waals surface area (Å²) in [7, 11) is 0. The van der Waals surface area contributed by atoms with E-state index in [4.69, 9.17) is 21.4 Å². The minimum absolute atomic E-state index is 0.0188. The Morgan fingerprint density at radius 3 is 2.23 bits per heavy atom. The first kappa shape index (κ1) is 55.4. The number of unbranched alkanes of at least 4 members (excludes halogenated alkanes) is 5. The molecule has 4 aromatic heterocycles. The van der Waals surface area contributed by atoms with Crippen LogP contribution in [0.2, 0.25) is 0 Å². The van der Waals surface area contributed by atoms with E-state index >= 15 is 0 Å². The summed E-state index contributed by atoms with van der Waals surface area (Å²) in [5.74, 6) is 0.123. The molecule has 17 heteroatoms. The van der Waals surface area contributed by atoms with Gasteiger partial charge in [0.25, 0.3) is 0 Å². The Morgan fingerprint density at radius 2 is 1.55 bits per heavy atom. The molecule has 3 atom stereocenters. The van der Waals surface area contributed by atoms with Crippen molar-refractivity contribution < 1.29 is 24.3 Å². The molecule has 8 N–H and O–H groups in total. The summed E-state index contributed by atoms with van der Waals surface area (Å²) < 4.78 is 2.04. The third-order valence-electron chi connectivity index (χ3n) is 15.3. The summed E-state index contributed by atoms with van der Waals surface area (Å²) >= 11 is 1.58. The molecule has 2 fully saturated rings. The highest BCUT2D eigenvalue weighted by Gasteiger charge is 2.44. The average Bonchev–Trinajstić information content (AvgIpc) is 4.22. The third-order valence-corrected chi connectivity index (χ3v) is 16.2. The molecular weight excluding hydrogens is 999 g/mol.